The summed E-state index contributed by atoms with van der Waals surface area (Å²) in [5, 5.41) is 34.2. The highest BCUT2D eigenvalue weighted by Gasteiger charge is 2.70. The van der Waals surface area contributed by atoms with Crippen molar-refractivity contribution >= 4 is 23.9 Å². The van der Waals surface area contributed by atoms with E-state index in [1.54, 1.807) is 13.8 Å². The molecule has 0 aliphatic heterocycles. The van der Waals surface area contributed by atoms with Crippen LogP contribution < -0.4 is 0 Å². The fraction of sp³-hybridized carbons (Fsp3) is 0.793. The zero-order chi connectivity index (χ0) is 29.7. The molecule has 222 valence electrons. The van der Waals surface area contributed by atoms with Gasteiger partial charge in [-0.3, -0.25) is 14.4 Å². The molecule has 0 aromatic carbocycles. The molecule has 1 fully saturated rings. The van der Waals surface area contributed by atoms with E-state index in [2.05, 4.69) is 0 Å². The second-order valence-corrected chi connectivity index (χ2v) is 12.2. The minimum atomic E-state index is -2.60. The molecule has 2 aliphatic carbocycles. The van der Waals surface area contributed by atoms with Crippen LogP contribution in [-0.2, 0) is 33.4 Å². The van der Waals surface area contributed by atoms with Crippen LogP contribution in [0.2, 0.25) is 0 Å². The maximum absolute atomic E-state index is 13.6. The normalized spacial score (nSPS) is 28.5. The molecule has 0 amide bonds. The van der Waals surface area contributed by atoms with E-state index in [9.17, 15) is 34.5 Å². The molecule has 39 heavy (non-hydrogen) atoms. The second-order valence-electron chi connectivity index (χ2n) is 12.2. The first-order valence-electron chi connectivity index (χ1n) is 14.1. The maximum atomic E-state index is 13.6. The second kappa shape index (κ2) is 13.6. The van der Waals surface area contributed by atoms with Crippen LogP contribution >= 0.6 is 0 Å². The van der Waals surface area contributed by atoms with Gasteiger partial charge in [-0.1, -0.05) is 61.3 Å². The molecule has 2 rings (SSSR count). The number of aliphatic hydroxyl groups excluding tert-OH is 1. The summed E-state index contributed by atoms with van der Waals surface area (Å²) in [6.07, 6.45) is 1.86. The number of fused-ring (bicyclic) bond motifs is 2. The third kappa shape index (κ3) is 7.13. The van der Waals surface area contributed by atoms with Crippen molar-refractivity contribution in [2.45, 2.75) is 79.8 Å². The van der Waals surface area contributed by atoms with Crippen LogP contribution in [-0.4, -0.2) is 64.6 Å². The summed E-state index contributed by atoms with van der Waals surface area (Å²) in [5.41, 5.74) is -2.95. The SMILES string of the molecule is CCCC[C@@H]1C[C@@H]2C(C(=O)OCC(C)C)=C(O)[C@H](C(=O)OCC(C)C)[C@@](O)([C@@H]1C(=O)OCC(C)C)[C@H]2C(=O)O. The molecule has 2 aliphatic rings. The predicted octanol–water partition coefficient (Wildman–Crippen LogP) is 3.90. The molecule has 0 radical (unpaired) electrons. The number of esters is 3. The summed E-state index contributed by atoms with van der Waals surface area (Å²) in [7, 11) is 0. The van der Waals surface area contributed by atoms with Crippen LogP contribution in [0.1, 0.15) is 74.1 Å². The number of unbranched alkanes of at least 4 members (excludes halogenated alkanes) is 1. The third-order valence-corrected chi connectivity index (χ3v) is 7.38. The number of aliphatic hydroxyl groups is 2. The summed E-state index contributed by atoms with van der Waals surface area (Å²) < 4.78 is 16.3. The van der Waals surface area contributed by atoms with Crippen LogP contribution in [0.25, 0.3) is 0 Å². The lowest BCUT2D eigenvalue weighted by molar-refractivity contribution is -0.215. The van der Waals surface area contributed by atoms with Crippen LogP contribution in [0.15, 0.2) is 11.3 Å². The minimum Gasteiger partial charge on any atom is -0.511 e. The van der Waals surface area contributed by atoms with Gasteiger partial charge in [0.2, 0.25) is 0 Å². The molecule has 10 nitrogen and oxygen atoms in total. The summed E-state index contributed by atoms with van der Waals surface area (Å²) in [6.45, 7) is 12.8. The van der Waals surface area contributed by atoms with E-state index >= 15 is 0 Å². The molecule has 0 unspecified atom stereocenters. The molecule has 10 heteroatoms. The molecule has 1 saturated carbocycles. The van der Waals surface area contributed by atoms with Crippen LogP contribution in [0.4, 0.5) is 0 Å². The van der Waals surface area contributed by atoms with Gasteiger partial charge in [-0.15, -0.1) is 0 Å². The zero-order valence-corrected chi connectivity index (χ0v) is 24.3. The number of hydrogen-bond donors (Lipinski definition) is 3. The maximum Gasteiger partial charge on any atom is 0.337 e. The topological polar surface area (TPSA) is 157 Å². The lowest BCUT2D eigenvalue weighted by atomic mass is 9.49. The van der Waals surface area contributed by atoms with E-state index in [-0.39, 0.29) is 49.6 Å². The molecule has 2 bridgehead atoms. The van der Waals surface area contributed by atoms with Crippen LogP contribution in [0.3, 0.4) is 0 Å². The van der Waals surface area contributed by atoms with Gasteiger partial charge in [0.15, 0.2) is 0 Å². The first-order valence-corrected chi connectivity index (χ1v) is 14.1. The van der Waals surface area contributed by atoms with Gasteiger partial charge in [-0.25, -0.2) is 4.79 Å². The van der Waals surface area contributed by atoms with E-state index < -0.39 is 64.8 Å². The molecule has 0 spiro atoms. The number of rotatable bonds is 13. The van der Waals surface area contributed by atoms with E-state index in [1.165, 1.54) is 0 Å². The molecule has 0 aromatic heterocycles. The third-order valence-electron chi connectivity index (χ3n) is 7.38. The molecule has 0 saturated heterocycles. The van der Waals surface area contributed by atoms with Crippen molar-refractivity contribution in [2.24, 2.45) is 47.3 Å². The Bertz CT molecular complexity index is 936. The Hall–Kier alpha value is -2.62. The highest BCUT2D eigenvalue weighted by Crippen LogP contribution is 2.58. The zero-order valence-electron chi connectivity index (χ0n) is 24.3. The van der Waals surface area contributed by atoms with E-state index in [1.807, 2.05) is 34.6 Å². The monoisotopic (exact) mass is 554 g/mol. The van der Waals surface area contributed by atoms with Crippen molar-refractivity contribution in [1.29, 1.82) is 0 Å². The van der Waals surface area contributed by atoms with E-state index in [0.29, 0.717) is 12.8 Å². The first kappa shape index (κ1) is 32.6. The van der Waals surface area contributed by atoms with Gasteiger partial charge in [0.1, 0.15) is 17.3 Å². The van der Waals surface area contributed by atoms with Crippen molar-refractivity contribution < 1.29 is 48.7 Å². The molecular formula is C29H46O10. The average Bonchev–Trinajstić information content (AvgIpc) is 2.82. The fourth-order valence-corrected chi connectivity index (χ4v) is 5.75. The molecule has 0 aromatic rings. The number of ether oxygens (including phenoxy) is 3. The van der Waals surface area contributed by atoms with Crippen molar-refractivity contribution in [2.75, 3.05) is 19.8 Å². The van der Waals surface area contributed by atoms with Gasteiger partial charge in [-0.2, -0.15) is 0 Å². The van der Waals surface area contributed by atoms with Gasteiger partial charge >= 0.3 is 23.9 Å². The highest BCUT2D eigenvalue weighted by atomic mass is 16.5. The summed E-state index contributed by atoms with van der Waals surface area (Å²) >= 11 is 0. The average molecular weight is 555 g/mol. The van der Waals surface area contributed by atoms with Gasteiger partial charge in [-0.05, 0) is 36.5 Å². The standard InChI is InChI=1S/C29H46O10/c1-8-9-10-18-11-19-20(26(33)37-12-15(2)3)24(30)23(28(35)39-14-17(6)7)29(36,22(19)25(31)32)21(18)27(34)38-13-16(4)5/h15-19,21-23,30,36H,8-14H2,1-7H3,(H,31,32)/t18-,19-,21+,22-,23-,29-/m1/s1. The Morgan fingerprint density at radius 3 is 1.87 bits per heavy atom. The van der Waals surface area contributed by atoms with Gasteiger partial charge in [0.25, 0.3) is 0 Å². The van der Waals surface area contributed by atoms with Crippen LogP contribution in [0.5, 0.6) is 0 Å². The number of carbonyl (C=O) groups is 4. The quantitative estimate of drug-likeness (QED) is 0.225. The van der Waals surface area contributed by atoms with E-state index in [4.69, 9.17) is 14.2 Å². The summed E-state index contributed by atoms with van der Waals surface area (Å²) in [6, 6.07) is 0. The van der Waals surface area contributed by atoms with Gasteiger partial charge < -0.3 is 29.5 Å². The highest BCUT2D eigenvalue weighted by molar-refractivity contribution is 5.95. The first-order chi connectivity index (χ1) is 18.2. The van der Waals surface area contributed by atoms with Gasteiger partial charge in [0.05, 0.1) is 37.2 Å². The van der Waals surface area contributed by atoms with Crippen molar-refractivity contribution in [3.63, 3.8) is 0 Å². The van der Waals surface area contributed by atoms with Crippen molar-refractivity contribution in [1.82, 2.24) is 0 Å². The Kier molecular flexibility index (Phi) is 11.4. The van der Waals surface area contributed by atoms with Crippen molar-refractivity contribution in [3.8, 4) is 0 Å². The lowest BCUT2D eigenvalue weighted by Crippen LogP contribution is -2.68. The Morgan fingerprint density at radius 2 is 1.38 bits per heavy atom. The predicted molar refractivity (Wildman–Crippen MR) is 141 cm³/mol. The minimum absolute atomic E-state index is 0.0101. The number of hydrogen-bond acceptors (Lipinski definition) is 9. The van der Waals surface area contributed by atoms with Crippen LogP contribution in [0, 0.1) is 47.3 Å². The largest absolute Gasteiger partial charge is 0.511 e. The molecule has 3 N–H and O–H groups in total. The van der Waals surface area contributed by atoms with Gasteiger partial charge in [0, 0.05) is 5.92 Å². The Labute approximate surface area is 231 Å². The number of aliphatic carboxylic acids is 1. The Balaban J connectivity index is 2.80. The van der Waals surface area contributed by atoms with Crippen molar-refractivity contribution in [3.05, 3.63) is 11.3 Å². The smallest absolute Gasteiger partial charge is 0.337 e. The Morgan fingerprint density at radius 1 is 0.872 bits per heavy atom. The fourth-order valence-electron chi connectivity index (χ4n) is 5.75. The summed E-state index contributed by atoms with van der Waals surface area (Å²) in [4.78, 5) is 53.1. The van der Waals surface area contributed by atoms with E-state index in [0.717, 1.165) is 6.42 Å². The number of carbonyl (C=O) groups excluding carboxylic acids is 3. The summed E-state index contributed by atoms with van der Waals surface area (Å²) in [5.74, 6) is -12.4. The lowest BCUT2D eigenvalue weighted by Gasteiger charge is -2.55. The molecule has 0 heterocycles. The number of carboxylic acids is 1. The molecular weight excluding hydrogens is 508 g/mol. The number of carboxylic acid groups (broad SMARTS) is 1. The molecule has 6 atom stereocenters.